The van der Waals surface area contributed by atoms with Crippen molar-refractivity contribution in [2.24, 2.45) is 0 Å². The molecule has 1 aliphatic carbocycles. The van der Waals surface area contributed by atoms with Crippen LogP contribution in [0.1, 0.15) is 23.1 Å². The van der Waals surface area contributed by atoms with Crippen molar-refractivity contribution in [1.82, 2.24) is 4.57 Å². The maximum absolute atomic E-state index is 9.19. The molecule has 0 amide bonds. The van der Waals surface area contributed by atoms with Gasteiger partial charge in [-0.2, -0.15) is 5.26 Å². The first-order valence-electron chi connectivity index (χ1n) is 17.8. The van der Waals surface area contributed by atoms with Crippen molar-refractivity contribution in [3.8, 4) is 34.0 Å². The summed E-state index contributed by atoms with van der Waals surface area (Å²) in [6, 6.07) is 63.1. The van der Waals surface area contributed by atoms with Gasteiger partial charge in [-0.25, -0.2) is 0 Å². The fourth-order valence-corrected chi connectivity index (χ4v) is 8.22. The first-order valence-corrected chi connectivity index (χ1v) is 17.8. The average Bonchev–Trinajstić information content (AvgIpc) is 3.73. The van der Waals surface area contributed by atoms with Gasteiger partial charge in [-0.1, -0.05) is 115 Å². The second-order valence-corrected chi connectivity index (χ2v) is 13.6. The van der Waals surface area contributed by atoms with Gasteiger partial charge in [0.25, 0.3) is 0 Å². The van der Waals surface area contributed by atoms with Gasteiger partial charge < -0.3 is 9.47 Å². The van der Waals surface area contributed by atoms with Crippen molar-refractivity contribution in [1.29, 1.82) is 5.26 Å². The zero-order valence-electron chi connectivity index (χ0n) is 28.4. The molecule has 2 aliphatic rings. The predicted octanol–water partition coefficient (Wildman–Crippen LogP) is 12.4. The topological polar surface area (TPSA) is 32.0 Å². The van der Waals surface area contributed by atoms with Gasteiger partial charge in [-0.05, 0) is 112 Å². The molecule has 0 radical (unpaired) electrons. The van der Waals surface area contributed by atoms with Crippen LogP contribution in [-0.2, 0) is 0 Å². The van der Waals surface area contributed by atoms with Crippen LogP contribution < -0.4 is 4.90 Å². The molecule has 244 valence electrons. The highest BCUT2D eigenvalue weighted by Crippen LogP contribution is 2.49. The van der Waals surface area contributed by atoms with E-state index in [0.717, 1.165) is 17.5 Å². The smallest absolute Gasteiger partial charge is 0.0991 e. The number of para-hydroxylation sites is 3. The normalized spacial score (nSPS) is 14.8. The highest BCUT2D eigenvalue weighted by atomic mass is 15.2. The molecule has 0 N–H and O–H groups in total. The van der Waals surface area contributed by atoms with Gasteiger partial charge in [-0.15, -0.1) is 0 Å². The van der Waals surface area contributed by atoms with Gasteiger partial charge in [0.1, 0.15) is 0 Å². The molecule has 8 aromatic rings. The number of rotatable bonds is 5. The minimum Gasteiger partial charge on any atom is -0.333 e. The Labute approximate surface area is 303 Å². The lowest BCUT2D eigenvalue weighted by atomic mass is 9.88. The molecule has 1 aliphatic heterocycles. The Balaban J connectivity index is 0.947. The zero-order chi connectivity index (χ0) is 34.6. The summed E-state index contributed by atoms with van der Waals surface area (Å²) >= 11 is 0. The van der Waals surface area contributed by atoms with E-state index >= 15 is 0 Å². The number of hydrogen-bond donors (Lipinski definition) is 0. The minimum absolute atomic E-state index is 0.242. The SMILES string of the molecule is N#Cc1ccc(-c2ccc(N3c4ccccc4C4=CC(c5ccc(-c6ccc7c(c6)c6ccccc6n7-c6ccccc6)cc5)=CCC43)cc2)cc1. The molecular weight excluding hydrogens is 631 g/mol. The minimum atomic E-state index is 0.242. The molecule has 0 fully saturated rings. The van der Waals surface area contributed by atoms with Gasteiger partial charge in [0.2, 0.25) is 0 Å². The summed E-state index contributed by atoms with van der Waals surface area (Å²) in [5.41, 5.74) is 16.6. The van der Waals surface area contributed by atoms with Gasteiger partial charge in [-0.3, -0.25) is 0 Å². The molecule has 0 saturated carbocycles. The van der Waals surface area contributed by atoms with Crippen LogP contribution in [0.15, 0.2) is 182 Å². The molecule has 1 aromatic heterocycles. The number of nitrogens with zero attached hydrogens (tertiary/aromatic N) is 3. The fraction of sp³-hybridized carbons (Fsp3) is 0.0408. The van der Waals surface area contributed by atoms with Crippen molar-refractivity contribution in [3.05, 3.63) is 199 Å². The lowest BCUT2D eigenvalue weighted by molar-refractivity contribution is 0.831. The average molecular weight is 664 g/mol. The maximum Gasteiger partial charge on any atom is 0.0991 e. The monoisotopic (exact) mass is 663 g/mol. The largest absolute Gasteiger partial charge is 0.333 e. The Hall–Kier alpha value is -6.89. The van der Waals surface area contributed by atoms with Crippen LogP contribution >= 0.6 is 0 Å². The van der Waals surface area contributed by atoms with E-state index < -0.39 is 0 Å². The van der Waals surface area contributed by atoms with Crippen LogP contribution in [0.3, 0.4) is 0 Å². The highest BCUT2D eigenvalue weighted by molar-refractivity contribution is 6.10. The van der Waals surface area contributed by atoms with Crippen LogP contribution in [0.5, 0.6) is 0 Å². The summed E-state index contributed by atoms with van der Waals surface area (Å²) in [4.78, 5) is 2.49. The maximum atomic E-state index is 9.19. The Morgan fingerprint density at radius 1 is 0.519 bits per heavy atom. The molecule has 0 saturated heterocycles. The van der Waals surface area contributed by atoms with Crippen LogP contribution in [0.2, 0.25) is 0 Å². The number of fused-ring (bicyclic) bond motifs is 6. The van der Waals surface area contributed by atoms with E-state index in [9.17, 15) is 5.26 Å². The van der Waals surface area contributed by atoms with E-state index in [-0.39, 0.29) is 6.04 Å². The fourth-order valence-electron chi connectivity index (χ4n) is 8.22. The van der Waals surface area contributed by atoms with E-state index in [0.29, 0.717) is 5.56 Å². The molecule has 3 nitrogen and oxygen atoms in total. The van der Waals surface area contributed by atoms with Gasteiger partial charge >= 0.3 is 0 Å². The molecule has 0 bridgehead atoms. The summed E-state index contributed by atoms with van der Waals surface area (Å²) in [5.74, 6) is 0. The van der Waals surface area contributed by atoms with Crippen LogP contribution in [-0.4, -0.2) is 10.6 Å². The van der Waals surface area contributed by atoms with E-state index in [2.05, 4.69) is 173 Å². The lowest BCUT2D eigenvalue weighted by Gasteiger charge is -2.29. The van der Waals surface area contributed by atoms with Gasteiger partial charge in [0.15, 0.2) is 0 Å². The second kappa shape index (κ2) is 12.2. The molecule has 7 aromatic carbocycles. The van der Waals surface area contributed by atoms with Crippen molar-refractivity contribution < 1.29 is 0 Å². The first-order chi connectivity index (χ1) is 25.7. The first kappa shape index (κ1) is 30.0. The van der Waals surface area contributed by atoms with E-state index in [1.807, 2.05) is 24.3 Å². The molecule has 0 spiro atoms. The van der Waals surface area contributed by atoms with Gasteiger partial charge in [0.05, 0.1) is 28.7 Å². The quantitative estimate of drug-likeness (QED) is 0.184. The molecule has 52 heavy (non-hydrogen) atoms. The van der Waals surface area contributed by atoms with Crippen molar-refractivity contribution in [2.75, 3.05) is 4.90 Å². The van der Waals surface area contributed by atoms with Gasteiger partial charge in [0, 0.05) is 33.4 Å². The van der Waals surface area contributed by atoms with Crippen molar-refractivity contribution in [2.45, 2.75) is 12.5 Å². The number of nitriles is 1. The van der Waals surface area contributed by atoms with Crippen LogP contribution in [0.4, 0.5) is 11.4 Å². The van der Waals surface area contributed by atoms with Crippen molar-refractivity contribution >= 4 is 44.3 Å². The van der Waals surface area contributed by atoms with Crippen LogP contribution in [0, 0.1) is 11.3 Å². The Morgan fingerprint density at radius 3 is 1.92 bits per heavy atom. The molecule has 1 atom stereocenters. The Kier molecular flexibility index (Phi) is 7.01. The highest BCUT2D eigenvalue weighted by Gasteiger charge is 2.35. The summed E-state index contributed by atoms with van der Waals surface area (Å²) < 4.78 is 2.36. The number of benzene rings is 7. The molecule has 1 unspecified atom stereocenters. The number of anilines is 2. The van der Waals surface area contributed by atoms with Crippen LogP contribution in [0.25, 0.3) is 60.9 Å². The van der Waals surface area contributed by atoms with E-state index in [1.54, 1.807) is 0 Å². The number of aromatic nitrogens is 1. The van der Waals surface area contributed by atoms with E-state index in [4.69, 9.17) is 0 Å². The predicted molar refractivity (Wildman–Crippen MR) is 216 cm³/mol. The third-order valence-electron chi connectivity index (χ3n) is 10.7. The lowest BCUT2D eigenvalue weighted by Crippen LogP contribution is -2.27. The summed E-state index contributed by atoms with van der Waals surface area (Å²) in [5, 5.41) is 11.7. The number of hydrogen-bond acceptors (Lipinski definition) is 2. The molecule has 3 heteroatoms. The zero-order valence-corrected chi connectivity index (χ0v) is 28.4. The Bertz CT molecular complexity index is 2740. The standard InChI is InChI=1S/C49H33N3/c50-32-33-14-16-34(17-15-33)35-22-26-41(27-23-35)52-47-13-7-5-11-43(47)45-31-39(25-29-49(45)52)37-20-18-36(19-21-37)38-24-28-48-44(30-38)42-10-4-6-12-46(42)51(48)40-8-2-1-3-9-40/h1-28,30-31,49H,29H2. The molecule has 10 rings (SSSR count). The molecule has 2 heterocycles. The molecular formula is C49H33N3. The summed E-state index contributed by atoms with van der Waals surface area (Å²) in [7, 11) is 0. The van der Waals surface area contributed by atoms with E-state index in [1.165, 1.54) is 72.3 Å². The third kappa shape index (κ3) is 4.88. The number of allylic oxidation sites excluding steroid dienone is 2. The third-order valence-corrected chi connectivity index (χ3v) is 10.7. The Morgan fingerprint density at radius 2 is 1.13 bits per heavy atom. The summed E-state index contributed by atoms with van der Waals surface area (Å²) in [6.07, 6.45) is 5.73. The second-order valence-electron chi connectivity index (χ2n) is 13.6. The van der Waals surface area contributed by atoms with Crippen molar-refractivity contribution in [3.63, 3.8) is 0 Å². The summed E-state index contributed by atoms with van der Waals surface area (Å²) in [6.45, 7) is 0.